The minimum atomic E-state index is -0.829. The largest absolute Gasteiger partial charge is 0.467 e. The number of carbonyl (C=O) groups excluding carboxylic acids is 2. The molecule has 0 fully saturated rings. The van der Waals surface area contributed by atoms with Crippen LogP contribution in [0.5, 0.6) is 0 Å². The Balaban J connectivity index is 1.69. The average molecular weight is 414 g/mol. The lowest BCUT2D eigenvalue weighted by atomic mass is 9.86. The number of carbonyl (C=O) groups is 2. The highest BCUT2D eigenvalue weighted by molar-refractivity contribution is 5.98. The van der Waals surface area contributed by atoms with Gasteiger partial charge in [0.2, 0.25) is 0 Å². The maximum absolute atomic E-state index is 13.1. The monoisotopic (exact) mass is 413 g/mol. The molecule has 0 saturated carbocycles. The van der Waals surface area contributed by atoms with Crippen molar-refractivity contribution in [3.8, 4) is 11.1 Å². The standard InChI is InChI=1S/C27H27NO3/c1-27(2,3)18-15-13-17(14-16-18)25(29)28-24(26(30)31-4)23-21-11-7-5-9-19(21)20-10-6-8-12-22(20)23/h5-16,23-24H,1-4H3,(H,28,29)/t24-/m1/s1. The molecule has 4 heteroatoms. The van der Waals surface area contributed by atoms with Crippen LogP contribution in [0.1, 0.15) is 53.7 Å². The van der Waals surface area contributed by atoms with Crippen molar-refractivity contribution in [3.63, 3.8) is 0 Å². The third kappa shape index (κ3) is 3.86. The molecule has 0 bridgehead atoms. The predicted octanol–water partition coefficient (Wildman–Crippen LogP) is 5.07. The second kappa shape index (κ2) is 8.03. The van der Waals surface area contributed by atoms with Crippen molar-refractivity contribution >= 4 is 11.9 Å². The number of nitrogens with one attached hydrogen (secondary N) is 1. The first kappa shape index (κ1) is 20.9. The zero-order valence-corrected chi connectivity index (χ0v) is 18.3. The quantitative estimate of drug-likeness (QED) is 0.608. The molecule has 0 saturated heterocycles. The fourth-order valence-electron chi connectivity index (χ4n) is 4.31. The second-order valence-corrected chi connectivity index (χ2v) is 8.95. The van der Waals surface area contributed by atoms with Gasteiger partial charge in [-0.15, -0.1) is 0 Å². The van der Waals surface area contributed by atoms with Crippen LogP contribution in [0, 0.1) is 0 Å². The lowest BCUT2D eigenvalue weighted by Gasteiger charge is -2.25. The summed E-state index contributed by atoms with van der Waals surface area (Å²) < 4.78 is 5.10. The highest BCUT2D eigenvalue weighted by atomic mass is 16.5. The maximum Gasteiger partial charge on any atom is 0.329 e. The first-order valence-electron chi connectivity index (χ1n) is 10.5. The predicted molar refractivity (Wildman–Crippen MR) is 122 cm³/mol. The molecule has 1 atom stereocenters. The molecule has 1 N–H and O–H groups in total. The molecule has 31 heavy (non-hydrogen) atoms. The van der Waals surface area contributed by atoms with E-state index in [2.05, 4.69) is 38.2 Å². The van der Waals surface area contributed by atoms with Gasteiger partial charge >= 0.3 is 5.97 Å². The SMILES string of the molecule is COC(=O)[C@H](NC(=O)c1ccc(C(C)(C)C)cc1)C1c2ccccc2-c2ccccc21. The zero-order valence-electron chi connectivity index (χ0n) is 18.3. The Bertz CT molecular complexity index is 1080. The van der Waals surface area contributed by atoms with Crippen molar-refractivity contribution in [3.05, 3.63) is 95.1 Å². The van der Waals surface area contributed by atoms with Gasteiger partial charge < -0.3 is 10.1 Å². The topological polar surface area (TPSA) is 55.4 Å². The second-order valence-electron chi connectivity index (χ2n) is 8.95. The third-order valence-corrected chi connectivity index (χ3v) is 5.97. The summed E-state index contributed by atoms with van der Waals surface area (Å²) in [6, 6.07) is 22.7. The number of benzene rings is 3. The van der Waals surface area contributed by atoms with Gasteiger partial charge in [0.15, 0.2) is 0 Å². The number of methoxy groups -OCH3 is 1. The number of ether oxygens (including phenoxy) is 1. The molecule has 3 aromatic carbocycles. The highest BCUT2D eigenvalue weighted by Gasteiger charge is 2.39. The summed E-state index contributed by atoms with van der Waals surface area (Å²) in [6.45, 7) is 6.39. The van der Waals surface area contributed by atoms with Crippen LogP contribution < -0.4 is 5.32 Å². The van der Waals surface area contributed by atoms with E-state index in [1.807, 2.05) is 48.5 Å². The van der Waals surface area contributed by atoms with E-state index >= 15 is 0 Å². The van der Waals surface area contributed by atoms with E-state index in [9.17, 15) is 9.59 Å². The van der Waals surface area contributed by atoms with E-state index in [0.717, 1.165) is 27.8 Å². The van der Waals surface area contributed by atoms with Crippen molar-refractivity contribution in [2.45, 2.75) is 38.1 Å². The van der Waals surface area contributed by atoms with Crippen LogP contribution in [-0.4, -0.2) is 25.0 Å². The molecule has 158 valence electrons. The number of esters is 1. The van der Waals surface area contributed by atoms with Crippen molar-refractivity contribution in [2.24, 2.45) is 0 Å². The average Bonchev–Trinajstić information content (AvgIpc) is 3.10. The molecule has 1 aliphatic carbocycles. The molecule has 0 unspecified atom stereocenters. The van der Waals surface area contributed by atoms with Crippen molar-refractivity contribution < 1.29 is 14.3 Å². The molecular weight excluding hydrogens is 386 g/mol. The summed E-state index contributed by atoms with van der Waals surface area (Å²) in [7, 11) is 1.35. The minimum Gasteiger partial charge on any atom is -0.467 e. The minimum absolute atomic E-state index is 0.000819. The molecule has 4 rings (SSSR count). The number of fused-ring (bicyclic) bond motifs is 3. The molecule has 0 spiro atoms. The number of hydrogen-bond donors (Lipinski definition) is 1. The summed E-state index contributed by atoms with van der Waals surface area (Å²) in [4.78, 5) is 25.9. The first-order valence-corrected chi connectivity index (χ1v) is 10.5. The number of hydrogen-bond acceptors (Lipinski definition) is 3. The Kier molecular flexibility index (Phi) is 5.40. The van der Waals surface area contributed by atoms with Gasteiger partial charge in [-0.3, -0.25) is 4.79 Å². The van der Waals surface area contributed by atoms with E-state index in [4.69, 9.17) is 4.74 Å². The van der Waals surface area contributed by atoms with Crippen LogP contribution >= 0.6 is 0 Å². The van der Waals surface area contributed by atoms with E-state index in [1.54, 1.807) is 12.1 Å². The van der Waals surface area contributed by atoms with Gasteiger partial charge in [0.1, 0.15) is 6.04 Å². The van der Waals surface area contributed by atoms with Gasteiger partial charge in [0.05, 0.1) is 7.11 Å². The van der Waals surface area contributed by atoms with Crippen molar-refractivity contribution in [2.75, 3.05) is 7.11 Å². The van der Waals surface area contributed by atoms with Crippen LogP contribution in [-0.2, 0) is 14.9 Å². The summed E-state index contributed by atoms with van der Waals surface area (Å²) >= 11 is 0. The van der Waals surface area contributed by atoms with E-state index in [0.29, 0.717) is 5.56 Å². The molecule has 3 aromatic rings. The molecule has 4 nitrogen and oxygen atoms in total. The van der Waals surface area contributed by atoms with Gasteiger partial charge in [0, 0.05) is 11.5 Å². The Morgan fingerprint density at radius 1 is 0.839 bits per heavy atom. The third-order valence-electron chi connectivity index (χ3n) is 5.97. The van der Waals surface area contributed by atoms with E-state index < -0.39 is 12.0 Å². The van der Waals surface area contributed by atoms with Crippen LogP contribution in [0.3, 0.4) is 0 Å². The van der Waals surface area contributed by atoms with Crippen LogP contribution in [0.4, 0.5) is 0 Å². The highest BCUT2D eigenvalue weighted by Crippen LogP contribution is 2.46. The molecule has 0 aromatic heterocycles. The summed E-state index contributed by atoms with van der Waals surface area (Å²) in [6.07, 6.45) is 0. The fraction of sp³-hybridized carbons (Fsp3) is 0.259. The Labute approximate surface area is 183 Å². The van der Waals surface area contributed by atoms with Crippen LogP contribution in [0.2, 0.25) is 0 Å². The van der Waals surface area contributed by atoms with Crippen LogP contribution in [0.25, 0.3) is 11.1 Å². The van der Waals surface area contributed by atoms with Crippen molar-refractivity contribution in [1.82, 2.24) is 5.32 Å². The lowest BCUT2D eigenvalue weighted by molar-refractivity contribution is -0.143. The van der Waals surface area contributed by atoms with Gasteiger partial charge in [0.25, 0.3) is 5.91 Å². The smallest absolute Gasteiger partial charge is 0.329 e. The summed E-state index contributed by atoms with van der Waals surface area (Å²) in [5, 5.41) is 2.95. The van der Waals surface area contributed by atoms with Gasteiger partial charge in [-0.25, -0.2) is 4.79 Å². The van der Waals surface area contributed by atoms with Gasteiger partial charge in [-0.2, -0.15) is 0 Å². The van der Waals surface area contributed by atoms with E-state index in [1.165, 1.54) is 7.11 Å². The Morgan fingerprint density at radius 3 is 1.84 bits per heavy atom. The maximum atomic E-state index is 13.1. The molecule has 0 heterocycles. The molecule has 1 amide bonds. The summed E-state index contributed by atoms with van der Waals surface area (Å²) in [5.74, 6) is -1.06. The Hall–Kier alpha value is -3.40. The Morgan fingerprint density at radius 2 is 1.35 bits per heavy atom. The van der Waals surface area contributed by atoms with E-state index in [-0.39, 0.29) is 17.2 Å². The number of amides is 1. The van der Waals surface area contributed by atoms with Crippen molar-refractivity contribution in [1.29, 1.82) is 0 Å². The molecule has 0 radical (unpaired) electrons. The lowest BCUT2D eigenvalue weighted by Crippen LogP contribution is -2.45. The first-order chi connectivity index (χ1) is 14.8. The fourth-order valence-corrected chi connectivity index (χ4v) is 4.31. The molecular formula is C27H27NO3. The number of rotatable bonds is 4. The molecule has 1 aliphatic rings. The zero-order chi connectivity index (χ0) is 22.2. The molecule has 0 aliphatic heterocycles. The van der Waals surface area contributed by atoms with Gasteiger partial charge in [-0.05, 0) is 45.4 Å². The normalized spacial score (nSPS) is 13.8. The van der Waals surface area contributed by atoms with Crippen LogP contribution in [0.15, 0.2) is 72.8 Å². The summed E-state index contributed by atoms with van der Waals surface area (Å²) in [5.41, 5.74) is 5.86. The van der Waals surface area contributed by atoms with Gasteiger partial charge in [-0.1, -0.05) is 81.4 Å².